The second kappa shape index (κ2) is 6.62. The van der Waals surface area contributed by atoms with Crippen molar-refractivity contribution in [2.45, 2.75) is 0 Å². The Balaban J connectivity index is 2.31. The van der Waals surface area contributed by atoms with Crippen LogP contribution in [0.4, 0.5) is 0 Å². The van der Waals surface area contributed by atoms with Crippen LogP contribution in [0.2, 0.25) is 0 Å². The summed E-state index contributed by atoms with van der Waals surface area (Å²) >= 11 is 0. The Hall–Kier alpha value is -3.34. The number of aliphatic carboxylic acids is 1. The van der Waals surface area contributed by atoms with Gasteiger partial charge in [0.25, 0.3) is 5.91 Å². The van der Waals surface area contributed by atoms with Crippen molar-refractivity contribution in [3.8, 4) is 22.9 Å². The van der Waals surface area contributed by atoms with Gasteiger partial charge in [0, 0.05) is 17.3 Å². The molecule has 0 aliphatic heterocycles. The molecule has 0 aliphatic rings. The van der Waals surface area contributed by atoms with Gasteiger partial charge >= 0.3 is 5.97 Å². The normalized spacial score (nSPS) is 9.87. The Morgan fingerprint density at radius 3 is 2.65 bits per heavy atom. The van der Waals surface area contributed by atoms with Crippen LogP contribution in [0.1, 0.15) is 16.1 Å². The van der Waals surface area contributed by atoms with E-state index in [-0.39, 0.29) is 11.4 Å². The molecule has 0 bridgehead atoms. The number of carbonyl (C=O) groups is 2. The smallest absolute Gasteiger partial charge is 0.322 e. The highest BCUT2D eigenvalue weighted by Crippen LogP contribution is 2.24. The van der Waals surface area contributed by atoms with E-state index in [1.807, 2.05) is 7.85 Å². The quantitative estimate of drug-likeness (QED) is 0.648. The molecule has 0 aliphatic carbocycles. The lowest BCUT2D eigenvalue weighted by molar-refractivity contribution is -0.135. The van der Waals surface area contributed by atoms with E-state index in [0.717, 1.165) is 5.46 Å². The average molecular weight is 309 g/mol. The number of aromatic nitrogens is 1. The van der Waals surface area contributed by atoms with Crippen molar-refractivity contribution in [2.75, 3.05) is 6.54 Å². The van der Waals surface area contributed by atoms with Crippen molar-refractivity contribution >= 4 is 25.2 Å². The van der Waals surface area contributed by atoms with Crippen LogP contribution >= 0.6 is 0 Å². The second-order valence-electron chi connectivity index (χ2n) is 4.81. The van der Waals surface area contributed by atoms with Crippen molar-refractivity contribution in [3.05, 3.63) is 41.7 Å². The van der Waals surface area contributed by atoms with E-state index < -0.39 is 18.4 Å². The molecule has 114 valence electrons. The van der Waals surface area contributed by atoms with Crippen LogP contribution in [-0.4, -0.2) is 41.5 Å². The average Bonchev–Trinajstić information content (AvgIpc) is 2.53. The van der Waals surface area contributed by atoms with E-state index in [2.05, 4.69) is 16.4 Å². The van der Waals surface area contributed by atoms with Crippen molar-refractivity contribution < 1.29 is 19.8 Å². The summed E-state index contributed by atoms with van der Waals surface area (Å²) in [6.07, 6.45) is 1.38. The molecule has 1 aromatic heterocycles. The summed E-state index contributed by atoms with van der Waals surface area (Å²) in [6.45, 7) is -0.564. The number of carbonyl (C=O) groups excluding carboxylic acids is 1. The lowest BCUT2D eigenvalue weighted by Crippen LogP contribution is -2.29. The van der Waals surface area contributed by atoms with Gasteiger partial charge in [0.1, 0.15) is 20.1 Å². The first kappa shape index (κ1) is 16.0. The molecule has 0 radical (unpaired) electrons. The standard InChI is InChI=1S/C15H12BN3O4/c16-11-2-1-8(3-9(11)5-17)10-4-12(20)14(18-6-10)15(23)19-7-13(21)22/h1-4,6,20H,7,16H2,(H,19,23)(H,21,22). The molecule has 1 amide bonds. The molecule has 0 atom stereocenters. The second-order valence-corrected chi connectivity index (χ2v) is 4.81. The summed E-state index contributed by atoms with van der Waals surface area (Å²) in [5.41, 5.74) is 2.28. The molecule has 7 nitrogen and oxygen atoms in total. The minimum atomic E-state index is -1.20. The van der Waals surface area contributed by atoms with Crippen LogP contribution in [-0.2, 0) is 4.79 Å². The molecule has 0 saturated heterocycles. The summed E-state index contributed by atoms with van der Waals surface area (Å²) in [5, 5.41) is 29.6. The van der Waals surface area contributed by atoms with Crippen LogP contribution in [0.15, 0.2) is 30.5 Å². The Morgan fingerprint density at radius 1 is 1.30 bits per heavy atom. The summed E-state index contributed by atoms with van der Waals surface area (Å²) < 4.78 is 0. The number of amides is 1. The highest BCUT2D eigenvalue weighted by molar-refractivity contribution is 6.33. The molecule has 0 saturated carbocycles. The molecule has 0 unspecified atom stereocenters. The van der Waals surface area contributed by atoms with Gasteiger partial charge in [-0.05, 0) is 17.7 Å². The third-order valence-electron chi connectivity index (χ3n) is 3.17. The molecule has 1 heterocycles. The van der Waals surface area contributed by atoms with Gasteiger partial charge < -0.3 is 15.5 Å². The Morgan fingerprint density at radius 2 is 2.04 bits per heavy atom. The lowest BCUT2D eigenvalue weighted by Gasteiger charge is -2.08. The Kier molecular flexibility index (Phi) is 4.62. The highest BCUT2D eigenvalue weighted by Gasteiger charge is 2.15. The number of rotatable bonds is 4. The van der Waals surface area contributed by atoms with E-state index >= 15 is 0 Å². The number of carboxylic acids is 1. The van der Waals surface area contributed by atoms with Gasteiger partial charge in [-0.25, -0.2) is 4.98 Å². The molecule has 2 aromatic rings. The number of nitrogens with zero attached hydrogens (tertiary/aromatic N) is 2. The van der Waals surface area contributed by atoms with Crippen LogP contribution in [0.3, 0.4) is 0 Å². The largest absolute Gasteiger partial charge is 0.505 e. The number of nitrogens with one attached hydrogen (secondary N) is 1. The topological polar surface area (TPSA) is 123 Å². The van der Waals surface area contributed by atoms with Gasteiger partial charge in [0.2, 0.25) is 0 Å². The maximum atomic E-state index is 11.7. The molecule has 8 heteroatoms. The SMILES string of the molecule is Bc1ccc(-c2cnc(C(=O)NCC(=O)O)c(O)c2)cc1C#N. The van der Waals surface area contributed by atoms with Crippen LogP contribution < -0.4 is 10.8 Å². The molecular formula is C15H12BN3O4. The first-order valence-electron chi connectivity index (χ1n) is 6.62. The minimum Gasteiger partial charge on any atom is -0.505 e. The van der Waals surface area contributed by atoms with Crippen molar-refractivity contribution in [2.24, 2.45) is 0 Å². The minimum absolute atomic E-state index is 0.261. The monoisotopic (exact) mass is 309 g/mol. The van der Waals surface area contributed by atoms with Gasteiger partial charge in [-0.1, -0.05) is 17.6 Å². The van der Waals surface area contributed by atoms with Crippen molar-refractivity contribution in [1.82, 2.24) is 10.3 Å². The van der Waals surface area contributed by atoms with Crippen LogP contribution in [0, 0.1) is 11.3 Å². The molecular weight excluding hydrogens is 297 g/mol. The predicted octanol–water partition coefficient (Wildman–Crippen LogP) is -0.601. The number of benzene rings is 1. The zero-order valence-corrected chi connectivity index (χ0v) is 12.2. The van der Waals surface area contributed by atoms with Gasteiger partial charge in [0.15, 0.2) is 5.69 Å². The number of hydrogen-bond acceptors (Lipinski definition) is 5. The van der Waals surface area contributed by atoms with E-state index in [1.165, 1.54) is 12.3 Å². The summed E-state index contributed by atoms with van der Waals surface area (Å²) in [4.78, 5) is 26.0. The van der Waals surface area contributed by atoms with E-state index in [9.17, 15) is 14.7 Å². The maximum Gasteiger partial charge on any atom is 0.322 e. The van der Waals surface area contributed by atoms with Gasteiger partial charge in [-0.2, -0.15) is 5.26 Å². The van der Waals surface area contributed by atoms with Gasteiger partial charge in [-0.3, -0.25) is 9.59 Å². The number of nitriles is 1. The molecule has 0 spiro atoms. The maximum absolute atomic E-state index is 11.7. The fourth-order valence-electron chi connectivity index (χ4n) is 1.95. The van der Waals surface area contributed by atoms with Gasteiger partial charge in [-0.15, -0.1) is 0 Å². The fourth-order valence-corrected chi connectivity index (χ4v) is 1.95. The molecule has 23 heavy (non-hydrogen) atoms. The summed E-state index contributed by atoms with van der Waals surface area (Å²) in [5.74, 6) is -2.35. The highest BCUT2D eigenvalue weighted by atomic mass is 16.4. The Bertz CT molecular complexity index is 830. The Labute approximate surface area is 132 Å². The van der Waals surface area contributed by atoms with Crippen molar-refractivity contribution in [3.63, 3.8) is 0 Å². The van der Waals surface area contributed by atoms with E-state index in [4.69, 9.17) is 10.4 Å². The lowest BCUT2D eigenvalue weighted by atomic mass is 9.89. The summed E-state index contributed by atoms with van der Waals surface area (Å²) in [7, 11) is 1.81. The molecule has 1 aromatic carbocycles. The van der Waals surface area contributed by atoms with Crippen LogP contribution in [0.5, 0.6) is 5.75 Å². The summed E-state index contributed by atoms with van der Waals surface area (Å²) in [6, 6.07) is 8.63. The third kappa shape index (κ3) is 3.65. The molecule has 2 rings (SSSR count). The van der Waals surface area contributed by atoms with E-state index in [1.54, 1.807) is 18.2 Å². The fraction of sp³-hybridized carbons (Fsp3) is 0.0667. The van der Waals surface area contributed by atoms with Gasteiger partial charge in [0.05, 0.1) is 6.07 Å². The first-order chi connectivity index (χ1) is 10.9. The van der Waals surface area contributed by atoms with E-state index in [0.29, 0.717) is 16.7 Å². The number of pyridine rings is 1. The third-order valence-corrected chi connectivity index (χ3v) is 3.17. The number of aromatic hydroxyl groups is 1. The first-order valence-corrected chi connectivity index (χ1v) is 6.62. The molecule has 0 fully saturated rings. The molecule has 3 N–H and O–H groups in total. The van der Waals surface area contributed by atoms with Crippen molar-refractivity contribution in [1.29, 1.82) is 5.26 Å². The van der Waals surface area contributed by atoms with Crippen LogP contribution in [0.25, 0.3) is 11.1 Å². The number of hydrogen-bond donors (Lipinski definition) is 3. The predicted molar refractivity (Wildman–Crippen MR) is 84.2 cm³/mol. The zero-order valence-electron chi connectivity index (χ0n) is 12.2. The number of carboxylic acid groups (broad SMARTS) is 1. The zero-order chi connectivity index (χ0) is 17.0.